The Hall–Kier alpha value is -1.77. The van der Waals surface area contributed by atoms with Gasteiger partial charge in [-0.3, -0.25) is 9.48 Å². The van der Waals surface area contributed by atoms with E-state index in [0.29, 0.717) is 23.7 Å². The van der Waals surface area contributed by atoms with E-state index in [0.717, 1.165) is 17.1 Å². The number of aliphatic hydroxyl groups excluding tert-OH is 1. The number of aliphatic hydroxyl groups is 1. The predicted molar refractivity (Wildman–Crippen MR) is 83.8 cm³/mol. The van der Waals surface area contributed by atoms with Crippen LogP contribution in [-0.2, 0) is 7.05 Å². The largest absolute Gasteiger partial charge is 0.391 e. The second-order valence-electron chi connectivity index (χ2n) is 5.53. The van der Waals surface area contributed by atoms with Crippen LogP contribution in [-0.4, -0.2) is 51.5 Å². The zero-order valence-corrected chi connectivity index (χ0v) is 13.4. The molecule has 1 saturated heterocycles. The van der Waals surface area contributed by atoms with E-state index in [2.05, 4.69) is 20.7 Å². The van der Waals surface area contributed by atoms with Crippen molar-refractivity contribution in [1.29, 1.82) is 0 Å². The summed E-state index contributed by atoms with van der Waals surface area (Å²) < 4.78 is 1.71. The van der Waals surface area contributed by atoms with Gasteiger partial charge in [0.2, 0.25) is 0 Å². The first-order valence-electron chi connectivity index (χ1n) is 7.18. The third-order valence-electron chi connectivity index (χ3n) is 3.78. The van der Waals surface area contributed by atoms with Crippen LogP contribution in [0.2, 0.25) is 0 Å². The van der Waals surface area contributed by atoms with E-state index in [4.69, 9.17) is 0 Å². The van der Waals surface area contributed by atoms with Crippen LogP contribution in [0.4, 0.5) is 0 Å². The smallest absolute Gasteiger partial charge is 0.263 e. The molecule has 0 aromatic carbocycles. The monoisotopic (exact) mass is 321 g/mol. The van der Waals surface area contributed by atoms with E-state index in [1.807, 2.05) is 20.2 Å². The fraction of sp³-hybridized carbons (Fsp3) is 0.500. The van der Waals surface area contributed by atoms with Crippen molar-refractivity contribution in [1.82, 2.24) is 25.4 Å². The van der Waals surface area contributed by atoms with Gasteiger partial charge in [0.1, 0.15) is 9.88 Å². The van der Waals surface area contributed by atoms with Gasteiger partial charge in [-0.1, -0.05) is 0 Å². The molecule has 1 aliphatic heterocycles. The average molecular weight is 321 g/mol. The van der Waals surface area contributed by atoms with Crippen molar-refractivity contribution in [3.05, 3.63) is 23.0 Å². The van der Waals surface area contributed by atoms with Crippen molar-refractivity contribution in [2.75, 3.05) is 19.6 Å². The lowest BCUT2D eigenvalue weighted by molar-refractivity contribution is 0.0930. The number of carbonyl (C=O) groups excluding carboxylic acids is 1. The molecule has 0 saturated carbocycles. The minimum atomic E-state index is -0.395. The molecule has 7 nitrogen and oxygen atoms in total. The van der Waals surface area contributed by atoms with Crippen molar-refractivity contribution in [2.24, 2.45) is 13.0 Å². The fourth-order valence-electron chi connectivity index (χ4n) is 2.49. The Morgan fingerprint density at radius 1 is 1.59 bits per heavy atom. The number of β-amino-alcohol motifs (C(OH)–C–C–N with tert-alkyl or cyclic N) is 1. The standard InChI is InChI=1S/C14H19N5O2S/c1-8-12(13(21)16-4-9-3-15-6-11(9)20)22-14(18-8)10-5-17-19(2)7-10/h5,7,9,11,15,20H,3-4,6H2,1-2H3,(H,16,21). The maximum atomic E-state index is 12.3. The summed E-state index contributed by atoms with van der Waals surface area (Å²) in [5.41, 5.74) is 1.62. The molecular weight excluding hydrogens is 302 g/mol. The van der Waals surface area contributed by atoms with Crippen LogP contribution in [0.25, 0.3) is 10.6 Å². The van der Waals surface area contributed by atoms with Crippen LogP contribution in [0.5, 0.6) is 0 Å². The first-order valence-corrected chi connectivity index (χ1v) is 7.99. The molecule has 0 radical (unpaired) electrons. The molecule has 3 heterocycles. The zero-order valence-electron chi connectivity index (χ0n) is 12.5. The predicted octanol–water partition coefficient (Wildman–Crippen LogP) is 0.162. The molecule has 0 bridgehead atoms. The van der Waals surface area contributed by atoms with Gasteiger partial charge in [-0.2, -0.15) is 5.10 Å². The Kier molecular flexibility index (Phi) is 4.23. The SMILES string of the molecule is Cc1nc(-c2cnn(C)c2)sc1C(=O)NCC1CNCC1O. The van der Waals surface area contributed by atoms with E-state index in [9.17, 15) is 9.90 Å². The quantitative estimate of drug-likeness (QED) is 0.746. The highest BCUT2D eigenvalue weighted by Crippen LogP contribution is 2.27. The minimum absolute atomic E-state index is 0.0648. The molecule has 2 aromatic heterocycles. The molecule has 118 valence electrons. The third-order valence-corrected chi connectivity index (χ3v) is 4.99. The summed E-state index contributed by atoms with van der Waals surface area (Å²) in [7, 11) is 1.85. The molecular formula is C14H19N5O2S. The molecule has 2 atom stereocenters. The molecule has 1 fully saturated rings. The van der Waals surface area contributed by atoms with Gasteiger partial charge in [0.05, 0.1) is 18.0 Å². The van der Waals surface area contributed by atoms with Gasteiger partial charge in [-0.05, 0) is 6.92 Å². The van der Waals surface area contributed by atoms with Crippen LogP contribution < -0.4 is 10.6 Å². The number of amides is 1. The highest BCUT2D eigenvalue weighted by molar-refractivity contribution is 7.17. The van der Waals surface area contributed by atoms with E-state index < -0.39 is 6.10 Å². The second kappa shape index (κ2) is 6.15. The molecule has 2 aromatic rings. The van der Waals surface area contributed by atoms with E-state index >= 15 is 0 Å². The van der Waals surface area contributed by atoms with E-state index in [-0.39, 0.29) is 11.8 Å². The molecule has 3 rings (SSSR count). The van der Waals surface area contributed by atoms with Gasteiger partial charge in [-0.15, -0.1) is 11.3 Å². The molecule has 0 aliphatic carbocycles. The van der Waals surface area contributed by atoms with Crippen LogP contribution in [0.15, 0.2) is 12.4 Å². The molecule has 22 heavy (non-hydrogen) atoms. The van der Waals surface area contributed by atoms with Crippen molar-refractivity contribution in [2.45, 2.75) is 13.0 Å². The second-order valence-corrected chi connectivity index (χ2v) is 6.53. The van der Waals surface area contributed by atoms with Gasteiger partial charge in [0, 0.05) is 44.4 Å². The first-order chi connectivity index (χ1) is 10.5. The molecule has 1 aliphatic rings. The van der Waals surface area contributed by atoms with Gasteiger partial charge in [0.25, 0.3) is 5.91 Å². The minimum Gasteiger partial charge on any atom is -0.391 e. The van der Waals surface area contributed by atoms with E-state index in [1.54, 1.807) is 10.9 Å². The van der Waals surface area contributed by atoms with Crippen molar-refractivity contribution in [3.8, 4) is 10.6 Å². The summed E-state index contributed by atoms with van der Waals surface area (Å²) in [5.74, 6) is -0.0702. The lowest BCUT2D eigenvalue weighted by Gasteiger charge is -2.13. The molecule has 2 unspecified atom stereocenters. The molecule has 0 spiro atoms. The molecule has 3 N–H and O–H groups in total. The Labute approximate surface area is 132 Å². The average Bonchev–Trinajstić information content (AvgIpc) is 3.17. The highest BCUT2D eigenvalue weighted by Gasteiger charge is 2.26. The number of thiazole rings is 1. The van der Waals surface area contributed by atoms with E-state index in [1.165, 1.54) is 11.3 Å². The zero-order chi connectivity index (χ0) is 15.7. The van der Waals surface area contributed by atoms with Gasteiger partial charge < -0.3 is 15.7 Å². The third kappa shape index (κ3) is 3.03. The van der Waals surface area contributed by atoms with Crippen LogP contribution >= 0.6 is 11.3 Å². The van der Waals surface area contributed by atoms with Crippen molar-refractivity contribution < 1.29 is 9.90 Å². The summed E-state index contributed by atoms with van der Waals surface area (Å²) in [6.45, 7) is 3.61. The molecule has 8 heteroatoms. The summed E-state index contributed by atoms with van der Waals surface area (Å²) in [6, 6.07) is 0. The summed E-state index contributed by atoms with van der Waals surface area (Å²) in [6.07, 6.45) is 3.22. The van der Waals surface area contributed by atoms with Crippen LogP contribution in [0.3, 0.4) is 0 Å². The van der Waals surface area contributed by atoms with Gasteiger partial charge in [-0.25, -0.2) is 4.98 Å². The van der Waals surface area contributed by atoms with Crippen molar-refractivity contribution in [3.63, 3.8) is 0 Å². The number of hydrogen-bond donors (Lipinski definition) is 3. The summed E-state index contributed by atoms with van der Waals surface area (Å²) in [4.78, 5) is 17.4. The number of aryl methyl sites for hydroxylation is 2. The maximum absolute atomic E-state index is 12.3. The Balaban J connectivity index is 1.69. The lowest BCUT2D eigenvalue weighted by atomic mass is 10.1. The van der Waals surface area contributed by atoms with Crippen LogP contribution in [0.1, 0.15) is 15.4 Å². The number of nitrogens with one attached hydrogen (secondary N) is 2. The number of aromatic nitrogens is 3. The van der Waals surface area contributed by atoms with Crippen molar-refractivity contribution >= 4 is 17.2 Å². The number of carbonyl (C=O) groups is 1. The Morgan fingerprint density at radius 3 is 3.05 bits per heavy atom. The lowest BCUT2D eigenvalue weighted by Crippen LogP contribution is -2.34. The fourth-order valence-corrected chi connectivity index (χ4v) is 3.45. The van der Waals surface area contributed by atoms with Gasteiger partial charge >= 0.3 is 0 Å². The topological polar surface area (TPSA) is 92.1 Å². The summed E-state index contributed by atoms with van der Waals surface area (Å²) in [5, 5.41) is 20.7. The maximum Gasteiger partial charge on any atom is 0.263 e. The molecule has 1 amide bonds. The highest BCUT2D eigenvalue weighted by atomic mass is 32.1. The van der Waals surface area contributed by atoms with Gasteiger partial charge in [0.15, 0.2) is 0 Å². The Morgan fingerprint density at radius 2 is 2.41 bits per heavy atom. The number of nitrogens with zero attached hydrogens (tertiary/aromatic N) is 3. The number of rotatable bonds is 4. The summed E-state index contributed by atoms with van der Waals surface area (Å²) >= 11 is 1.36. The van der Waals surface area contributed by atoms with Crippen LogP contribution in [0, 0.1) is 12.8 Å². The number of hydrogen-bond acceptors (Lipinski definition) is 6. The first kappa shape index (κ1) is 15.1. The Bertz CT molecular complexity index is 681. The normalized spacial score (nSPS) is 21.2.